The topological polar surface area (TPSA) is 44.4 Å². The SMILES string of the molecule is CSc1ccccc1NC(=O)CNCCN(C(C)C)C(C)C.Cl. The van der Waals surface area contributed by atoms with Crippen LogP contribution in [0.5, 0.6) is 0 Å². The van der Waals surface area contributed by atoms with E-state index in [2.05, 4.69) is 43.2 Å². The van der Waals surface area contributed by atoms with Gasteiger partial charge in [-0.05, 0) is 46.1 Å². The molecule has 0 spiro atoms. The first-order valence-electron chi connectivity index (χ1n) is 7.85. The van der Waals surface area contributed by atoms with Gasteiger partial charge in [0.05, 0.1) is 12.2 Å². The van der Waals surface area contributed by atoms with Crippen molar-refractivity contribution in [1.29, 1.82) is 0 Å². The fraction of sp³-hybridized carbons (Fsp3) is 0.588. The molecule has 1 rings (SSSR count). The summed E-state index contributed by atoms with van der Waals surface area (Å²) < 4.78 is 0. The Hall–Kier alpha value is -0.750. The predicted octanol–water partition coefficient (Wildman–Crippen LogP) is 3.48. The third-order valence-electron chi connectivity index (χ3n) is 3.54. The van der Waals surface area contributed by atoms with Crippen LogP contribution in [0.4, 0.5) is 5.69 Å². The molecule has 0 heterocycles. The lowest BCUT2D eigenvalue weighted by Gasteiger charge is -2.30. The zero-order valence-electron chi connectivity index (χ0n) is 14.8. The summed E-state index contributed by atoms with van der Waals surface area (Å²) in [5, 5.41) is 6.18. The summed E-state index contributed by atoms with van der Waals surface area (Å²) in [6.07, 6.45) is 2.01. The molecule has 0 saturated carbocycles. The largest absolute Gasteiger partial charge is 0.324 e. The van der Waals surface area contributed by atoms with Crippen molar-refractivity contribution in [2.24, 2.45) is 0 Å². The summed E-state index contributed by atoms with van der Waals surface area (Å²) in [5.41, 5.74) is 0.882. The summed E-state index contributed by atoms with van der Waals surface area (Å²) in [4.78, 5) is 15.5. The van der Waals surface area contributed by atoms with E-state index in [1.807, 2.05) is 30.5 Å². The van der Waals surface area contributed by atoms with E-state index in [1.165, 1.54) is 0 Å². The highest BCUT2D eigenvalue weighted by atomic mass is 35.5. The van der Waals surface area contributed by atoms with Gasteiger partial charge >= 0.3 is 0 Å². The number of halogens is 1. The van der Waals surface area contributed by atoms with Crippen molar-refractivity contribution in [2.75, 3.05) is 31.2 Å². The predicted molar refractivity (Wildman–Crippen MR) is 104 cm³/mol. The van der Waals surface area contributed by atoms with Gasteiger partial charge in [0.2, 0.25) is 5.91 Å². The second-order valence-electron chi connectivity index (χ2n) is 5.85. The van der Waals surface area contributed by atoms with Crippen LogP contribution in [-0.4, -0.2) is 48.8 Å². The molecular weight excluding hydrogens is 330 g/mol. The van der Waals surface area contributed by atoms with Gasteiger partial charge < -0.3 is 10.6 Å². The zero-order valence-corrected chi connectivity index (χ0v) is 16.4. The average molecular weight is 360 g/mol. The second kappa shape index (κ2) is 11.7. The number of carbonyl (C=O) groups is 1. The molecule has 0 aliphatic rings. The van der Waals surface area contributed by atoms with Gasteiger partial charge in [-0.1, -0.05) is 12.1 Å². The van der Waals surface area contributed by atoms with Crippen LogP contribution >= 0.6 is 24.2 Å². The van der Waals surface area contributed by atoms with Crippen molar-refractivity contribution >= 4 is 35.8 Å². The minimum atomic E-state index is 0. The molecule has 6 heteroatoms. The van der Waals surface area contributed by atoms with E-state index < -0.39 is 0 Å². The number of amides is 1. The maximum atomic E-state index is 12.0. The van der Waals surface area contributed by atoms with E-state index in [4.69, 9.17) is 0 Å². The van der Waals surface area contributed by atoms with Crippen LogP contribution in [0.25, 0.3) is 0 Å². The Balaban J connectivity index is 0.00000484. The average Bonchev–Trinajstić information content (AvgIpc) is 2.46. The summed E-state index contributed by atoms with van der Waals surface area (Å²) >= 11 is 1.63. The highest BCUT2D eigenvalue weighted by Crippen LogP contribution is 2.24. The number of benzene rings is 1. The van der Waals surface area contributed by atoms with Crippen LogP contribution in [-0.2, 0) is 4.79 Å². The van der Waals surface area contributed by atoms with Crippen molar-refractivity contribution in [3.8, 4) is 0 Å². The Labute approximate surface area is 151 Å². The molecule has 0 unspecified atom stereocenters. The first kappa shape index (κ1) is 22.2. The van der Waals surface area contributed by atoms with Gasteiger partial charge in [-0.3, -0.25) is 9.69 Å². The Morgan fingerprint density at radius 1 is 1.17 bits per heavy atom. The third-order valence-corrected chi connectivity index (χ3v) is 4.34. The lowest BCUT2D eigenvalue weighted by atomic mass is 10.2. The summed E-state index contributed by atoms with van der Waals surface area (Å²) in [5.74, 6) is 0.00199. The number of rotatable bonds is 9. The number of hydrogen-bond donors (Lipinski definition) is 2. The van der Waals surface area contributed by atoms with E-state index >= 15 is 0 Å². The van der Waals surface area contributed by atoms with Gasteiger partial charge in [-0.2, -0.15) is 0 Å². The number of carbonyl (C=O) groups excluding carboxylic acids is 1. The van der Waals surface area contributed by atoms with Crippen LogP contribution in [0, 0.1) is 0 Å². The molecule has 0 saturated heterocycles. The first-order valence-corrected chi connectivity index (χ1v) is 9.07. The van der Waals surface area contributed by atoms with Crippen molar-refractivity contribution in [1.82, 2.24) is 10.2 Å². The molecular formula is C17H30ClN3OS. The van der Waals surface area contributed by atoms with Gasteiger partial charge in [0.1, 0.15) is 0 Å². The number of nitrogens with one attached hydrogen (secondary N) is 2. The minimum absolute atomic E-state index is 0. The van der Waals surface area contributed by atoms with Crippen LogP contribution in [0.3, 0.4) is 0 Å². The van der Waals surface area contributed by atoms with Gasteiger partial charge in [0, 0.05) is 30.1 Å². The van der Waals surface area contributed by atoms with Crippen molar-refractivity contribution < 1.29 is 4.79 Å². The van der Waals surface area contributed by atoms with Crippen LogP contribution < -0.4 is 10.6 Å². The number of anilines is 1. The summed E-state index contributed by atoms with van der Waals surface area (Å²) in [7, 11) is 0. The molecule has 1 amide bonds. The lowest BCUT2D eigenvalue weighted by Crippen LogP contribution is -2.42. The van der Waals surface area contributed by atoms with E-state index in [0.29, 0.717) is 18.6 Å². The standard InChI is InChI=1S/C17H29N3OS.ClH/c1-13(2)20(14(3)4)11-10-18-12-17(21)19-15-8-6-7-9-16(15)22-5;/h6-9,13-14,18H,10-12H2,1-5H3,(H,19,21);1H. The Morgan fingerprint density at radius 2 is 1.78 bits per heavy atom. The summed E-state index contributed by atoms with van der Waals surface area (Å²) in [6, 6.07) is 8.89. The molecule has 23 heavy (non-hydrogen) atoms. The van der Waals surface area contributed by atoms with Crippen molar-refractivity contribution in [3.63, 3.8) is 0 Å². The van der Waals surface area contributed by atoms with Gasteiger partial charge in [-0.15, -0.1) is 24.2 Å². The highest BCUT2D eigenvalue weighted by molar-refractivity contribution is 7.98. The van der Waals surface area contributed by atoms with E-state index in [1.54, 1.807) is 11.8 Å². The van der Waals surface area contributed by atoms with Crippen molar-refractivity contribution in [3.05, 3.63) is 24.3 Å². The number of nitrogens with zero attached hydrogens (tertiary/aromatic N) is 1. The Bertz CT molecular complexity index is 461. The number of thioether (sulfide) groups is 1. The smallest absolute Gasteiger partial charge is 0.238 e. The molecule has 2 N–H and O–H groups in total. The molecule has 0 bridgehead atoms. The number of hydrogen-bond acceptors (Lipinski definition) is 4. The zero-order chi connectivity index (χ0) is 16.5. The quantitative estimate of drug-likeness (QED) is 0.523. The third kappa shape index (κ3) is 8.06. The first-order chi connectivity index (χ1) is 10.5. The second-order valence-corrected chi connectivity index (χ2v) is 6.70. The molecule has 0 aliphatic carbocycles. The fourth-order valence-electron chi connectivity index (χ4n) is 2.47. The molecule has 1 aromatic carbocycles. The van der Waals surface area contributed by atoms with Gasteiger partial charge in [-0.25, -0.2) is 0 Å². The normalized spacial score (nSPS) is 11.0. The molecule has 1 aromatic rings. The summed E-state index contributed by atoms with van der Waals surface area (Å²) in [6.45, 7) is 10.9. The molecule has 0 atom stereocenters. The molecule has 0 aromatic heterocycles. The molecule has 0 aliphatic heterocycles. The van der Waals surface area contributed by atoms with Gasteiger partial charge in [0.25, 0.3) is 0 Å². The molecule has 4 nitrogen and oxygen atoms in total. The Kier molecular flexibility index (Phi) is 11.4. The van der Waals surface area contributed by atoms with E-state index in [9.17, 15) is 4.79 Å². The van der Waals surface area contributed by atoms with Crippen molar-refractivity contribution in [2.45, 2.75) is 44.7 Å². The molecule has 0 fully saturated rings. The maximum Gasteiger partial charge on any atom is 0.238 e. The van der Waals surface area contributed by atoms with E-state index in [-0.39, 0.29) is 18.3 Å². The lowest BCUT2D eigenvalue weighted by molar-refractivity contribution is -0.115. The van der Waals surface area contributed by atoms with Crippen LogP contribution in [0.2, 0.25) is 0 Å². The highest BCUT2D eigenvalue weighted by Gasteiger charge is 2.12. The Morgan fingerprint density at radius 3 is 2.35 bits per heavy atom. The minimum Gasteiger partial charge on any atom is -0.324 e. The van der Waals surface area contributed by atoms with Gasteiger partial charge in [0.15, 0.2) is 0 Å². The van der Waals surface area contributed by atoms with E-state index in [0.717, 1.165) is 23.7 Å². The fourth-order valence-corrected chi connectivity index (χ4v) is 3.02. The molecule has 132 valence electrons. The monoisotopic (exact) mass is 359 g/mol. The van der Waals surface area contributed by atoms with Crippen LogP contribution in [0.15, 0.2) is 29.2 Å². The maximum absolute atomic E-state index is 12.0. The number of para-hydroxylation sites is 1. The van der Waals surface area contributed by atoms with Crippen LogP contribution in [0.1, 0.15) is 27.7 Å². The molecule has 0 radical (unpaired) electrons.